The summed E-state index contributed by atoms with van der Waals surface area (Å²) in [6.07, 6.45) is 1.49. The Morgan fingerprint density at radius 1 is 1.24 bits per heavy atom. The highest BCUT2D eigenvalue weighted by Crippen LogP contribution is 2.39. The van der Waals surface area contributed by atoms with E-state index in [4.69, 9.17) is 26.8 Å². The van der Waals surface area contributed by atoms with Gasteiger partial charge in [-0.05, 0) is 70.5 Å². The summed E-state index contributed by atoms with van der Waals surface area (Å²) in [6, 6.07) is 10.1. The number of carbonyl (C=O) groups is 4. The van der Waals surface area contributed by atoms with Gasteiger partial charge in [-0.25, -0.2) is 0 Å². The van der Waals surface area contributed by atoms with Crippen molar-refractivity contribution in [3.8, 4) is 11.5 Å². The Labute approximate surface area is 212 Å². The van der Waals surface area contributed by atoms with Crippen LogP contribution in [0.5, 0.6) is 11.5 Å². The fourth-order valence-electron chi connectivity index (χ4n) is 2.90. The molecule has 2 aromatic carbocycles. The molecular weight excluding hydrogens is 550 g/mol. The number of imide groups is 1. The molecule has 0 saturated carbocycles. The van der Waals surface area contributed by atoms with Gasteiger partial charge in [0.1, 0.15) is 6.54 Å². The minimum Gasteiger partial charge on any atom is -0.490 e. The summed E-state index contributed by atoms with van der Waals surface area (Å²) in [5.41, 5.74) is 6.09. The van der Waals surface area contributed by atoms with Crippen LogP contribution < -0.4 is 20.5 Å². The lowest BCUT2D eigenvalue weighted by atomic mass is 10.2. The molecule has 0 radical (unpaired) electrons. The van der Waals surface area contributed by atoms with E-state index in [1.54, 1.807) is 43.3 Å². The monoisotopic (exact) mass is 567 g/mol. The van der Waals surface area contributed by atoms with Crippen molar-refractivity contribution in [2.75, 3.05) is 25.1 Å². The largest absolute Gasteiger partial charge is 0.490 e. The van der Waals surface area contributed by atoms with E-state index in [-0.39, 0.29) is 17.3 Å². The summed E-state index contributed by atoms with van der Waals surface area (Å²) in [5, 5.41) is 2.49. The molecule has 2 aromatic rings. The zero-order valence-corrected chi connectivity index (χ0v) is 21.0. The summed E-state index contributed by atoms with van der Waals surface area (Å²) < 4.78 is 11.8. The number of ether oxygens (including phenoxy) is 2. The average Bonchev–Trinajstić information content (AvgIpc) is 3.02. The molecule has 178 valence electrons. The van der Waals surface area contributed by atoms with Crippen LogP contribution >= 0.6 is 39.3 Å². The molecule has 1 saturated heterocycles. The van der Waals surface area contributed by atoms with Crippen LogP contribution in [-0.4, -0.2) is 47.6 Å². The van der Waals surface area contributed by atoms with Crippen LogP contribution in [0.1, 0.15) is 12.5 Å². The van der Waals surface area contributed by atoms with E-state index in [2.05, 4.69) is 21.2 Å². The standard InChI is InChI=1S/C22H19BrClN3O6S/c1-2-32-16-8-12(9-17-21(30)27(10-18(25)28)22(31)34-17)7-13(23)20(16)33-11-19(29)26-15-6-4-3-5-14(15)24/h3-9H,2,10-11H2,1H3,(H2,25,28)(H,26,29)/b17-9-. The number of hydrogen-bond acceptors (Lipinski definition) is 7. The topological polar surface area (TPSA) is 128 Å². The van der Waals surface area contributed by atoms with Gasteiger partial charge in [0.15, 0.2) is 18.1 Å². The number of nitrogens with one attached hydrogen (secondary N) is 1. The van der Waals surface area contributed by atoms with Gasteiger partial charge in [-0.1, -0.05) is 23.7 Å². The van der Waals surface area contributed by atoms with Crippen LogP contribution in [0.4, 0.5) is 10.5 Å². The van der Waals surface area contributed by atoms with Gasteiger partial charge in [-0.15, -0.1) is 0 Å². The fraction of sp³-hybridized carbons (Fsp3) is 0.182. The van der Waals surface area contributed by atoms with Gasteiger partial charge in [0, 0.05) is 0 Å². The molecule has 3 rings (SSSR count). The van der Waals surface area contributed by atoms with Crippen molar-refractivity contribution in [3.05, 3.63) is 56.4 Å². The number of primary amides is 1. The Morgan fingerprint density at radius 3 is 2.65 bits per heavy atom. The zero-order valence-electron chi connectivity index (χ0n) is 17.8. The van der Waals surface area contributed by atoms with E-state index >= 15 is 0 Å². The molecule has 3 N–H and O–H groups in total. The maximum absolute atomic E-state index is 12.5. The number of hydrogen-bond donors (Lipinski definition) is 2. The van der Waals surface area contributed by atoms with Gasteiger partial charge in [0.2, 0.25) is 5.91 Å². The molecule has 9 nitrogen and oxygen atoms in total. The molecule has 0 aromatic heterocycles. The van der Waals surface area contributed by atoms with Crippen LogP contribution in [0.25, 0.3) is 6.08 Å². The zero-order chi connectivity index (χ0) is 24.8. The van der Waals surface area contributed by atoms with Gasteiger partial charge < -0.3 is 20.5 Å². The number of carbonyl (C=O) groups excluding carboxylic acids is 4. The SMILES string of the molecule is CCOc1cc(/C=C2\SC(=O)N(CC(N)=O)C2=O)cc(Br)c1OCC(=O)Nc1ccccc1Cl. The molecule has 1 aliphatic rings. The molecule has 1 heterocycles. The van der Waals surface area contributed by atoms with Crippen LogP contribution in [0, 0.1) is 0 Å². The Kier molecular flexibility index (Phi) is 8.59. The first kappa shape index (κ1) is 25.6. The van der Waals surface area contributed by atoms with E-state index in [0.29, 0.717) is 44.9 Å². The molecule has 0 atom stereocenters. The number of benzene rings is 2. The first-order chi connectivity index (χ1) is 16.2. The lowest BCUT2D eigenvalue weighted by molar-refractivity contribution is -0.127. The van der Waals surface area contributed by atoms with Crippen molar-refractivity contribution in [3.63, 3.8) is 0 Å². The normalized spacial score (nSPS) is 14.4. The molecule has 0 unspecified atom stereocenters. The van der Waals surface area contributed by atoms with Gasteiger partial charge in [0.25, 0.3) is 17.1 Å². The van der Waals surface area contributed by atoms with Crippen molar-refractivity contribution < 1.29 is 28.7 Å². The van der Waals surface area contributed by atoms with Crippen molar-refractivity contribution in [1.82, 2.24) is 4.90 Å². The third kappa shape index (κ3) is 6.31. The maximum atomic E-state index is 12.5. The Bertz CT molecular complexity index is 1190. The van der Waals surface area contributed by atoms with Gasteiger partial charge >= 0.3 is 0 Å². The van der Waals surface area contributed by atoms with Crippen molar-refractivity contribution in [1.29, 1.82) is 0 Å². The highest BCUT2D eigenvalue weighted by Gasteiger charge is 2.35. The van der Waals surface area contributed by atoms with Crippen LogP contribution in [0.3, 0.4) is 0 Å². The predicted molar refractivity (Wildman–Crippen MR) is 133 cm³/mol. The molecule has 34 heavy (non-hydrogen) atoms. The van der Waals surface area contributed by atoms with Gasteiger partial charge in [0.05, 0.1) is 26.7 Å². The average molecular weight is 569 g/mol. The number of nitrogens with zero attached hydrogens (tertiary/aromatic N) is 1. The fourth-order valence-corrected chi connectivity index (χ4v) is 4.50. The molecule has 0 spiro atoms. The van der Waals surface area contributed by atoms with E-state index in [1.165, 1.54) is 6.08 Å². The molecule has 12 heteroatoms. The smallest absolute Gasteiger partial charge is 0.294 e. The summed E-state index contributed by atoms with van der Waals surface area (Å²) in [7, 11) is 0. The first-order valence-electron chi connectivity index (χ1n) is 9.86. The Hall–Kier alpha value is -3.02. The number of amides is 4. The quantitative estimate of drug-likeness (QED) is 0.437. The lowest BCUT2D eigenvalue weighted by Gasteiger charge is -2.15. The number of thioether (sulfide) groups is 1. The third-order valence-corrected chi connectivity index (χ3v) is 6.14. The highest BCUT2D eigenvalue weighted by molar-refractivity contribution is 9.10. The van der Waals surface area contributed by atoms with E-state index in [9.17, 15) is 19.2 Å². The minimum absolute atomic E-state index is 0.133. The predicted octanol–water partition coefficient (Wildman–Crippen LogP) is 4.04. The van der Waals surface area contributed by atoms with Gasteiger partial charge in [-0.3, -0.25) is 24.1 Å². The van der Waals surface area contributed by atoms with Crippen LogP contribution in [-0.2, 0) is 14.4 Å². The second kappa shape index (κ2) is 11.4. The van der Waals surface area contributed by atoms with Gasteiger partial charge in [-0.2, -0.15) is 0 Å². The second-order valence-electron chi connectivity index (χ2n) is 6.81. The second-order valence-corrected chi connectivity index (χ2v) is 9.07. The number of nitrogens with two attached hydrogens (primary N) is 1. The van der Waals surface area contributed by atoms with E-state index in [1.807, 2.05) is 0 Å². The number of anilines is 1. The summed E-state index contributed by atoms with van der Waals surface area (Å²) in [5.74, 6) is -1.21. The summed E-state index contributed by atoms with van der Waals surface area (Å²) in [4.78, 5) is 48.8. The number of rotatable bonds is 9. The minimum atomic E-state index is -0.787. The van der Waals surface area contributed by atoms with Crippen molar-refractivity contribution in [2.45, 2.75) is 6.92 Å². The first-order valence-corrected chi connectivity index (χ1v) is 11.9. The number of halogens is 2. The lowest BCUT2D eigenvalue weighted by Crippen LogP contribution is -2.36. The van der Waals surface area contributed by atoms with E-state index in [0.717, 1.165) is 4.90 Å². The Morgan fingerprint density at radius 2 is 1.97 bits per heavy atom. The van der Waals surface area contributed by atoms with Crippen molar-refractivity contribution in [2.24, 2.45) is 5.73 Å². The van der Waals surface area contributed by atoms with Crippen LogP contribution in [0.15, 0.2) is 45.8 Å². The molecule has 1 aliphatic heterocycles. The molecule has 0 bridgehead atoms. The Balaban J connectivity index is 1.78. The maximum Gasteiger partial charge on any atom is 0.294 e. The van der Waals surface area contributed by atoms with Crippen molar-refractivity contribution >= 4 is 74.0 Å². The molecule has 0 aliphatic carbocycles. The third-order valence-electron chi connectivity index (χ3n) is 4.31. The molecular formula is C22H19BrClN3O6S. The summed E-state index contributed by atoms with van der Waals surface area (Å²) >= 11 is 10.2. The molecule has 4 amide bonds. The highest BCUT2D eigenvalue weighted by atomic mass is 79.9. The van der Waals surface area contributed by atoms with Crippen LogP contribution in [0.2, 0.25) is 5.02 Å². The van der Waals surface area contributed by atoms with E-state index < -0.39 is 29.5 Å². The number of para-hydroxylation sites is 1. The molecule has 1 fully saturated rings. The summed E-state index contributed by atoms with van der Waals surface area (Å²) in [6.45, 7) is 1.30.